The standard InChI is InChI=1S/C17H20N2O5/c1-9-6-7-13(10(2)14(9)19-11(3)20)18-8-12-15(21)23-17(4,5)24-16(12)22/h6-8,18H,1-5H3,(H,19,20). The van der Waals surface area contributed by atoms with Crippen LogP contribution in [-0.2, 0) is 23.9 Å². The quantitative estimate of drug-likeness (QED) is 0.501. The van der Waals surface area contributed by atoms with Crippen molar-refractivity contribution in [2.45, 2.75) is 40.4 Å². The van der Waals surface area contributed by atoms with Gasteiger partial charge in [-0.15, -0.1) is 0 Å². The monoisotopic (exact) mass is 332 g/mol. The molecule has 1 amide bonds. The van der Waals surface area contributed by atoms with E-state index in [1.807, 2.05) is 19.9 Å². The molecule has 0 aliphatic carbocycles. The summed E-state index contributed by atoms with van der Waals surface area (Å²) in [5, 5.41) is 5.66. The van der Waals surface area contributed by atoms with E-state index in [4.69, 9.17) is 9.47 Å². The van der Waals surface area contributed by atoms with Gasteiger partial charge < -0.3 is 20.1 Å². The highest BCUT2D eigenvalue weighted by Gasteiger charge is 2.38. The lowest BCUT2D eigenvalue weighted by Gasteiger charge is -2.29. The average molecular weight is 332 g/mol. The molecule has 24 heavy (non-hydrogen) atoms. The van der Waals surface area contributed by atoms with Gasteiger partial charge in [0.15, 0.2) is 5.57 Å². The van der Waals surface area contributed by atoms with E-state index in [2.05, 4.69) is 10.6 Å². The number of anilines is 2. The number of ether oxygens (including phenoxy) is 2. The fourth-order valence-corrected chi connectivity index (χ4v) is 2.30. The van der Waals surface area contributed by atoms with Crippen molar-refractivity contribution in [2.24, 2.45) is 0 Å². The maximum atomic E-state index is 11.9. The predicted octanol–water partition coefficient (Wildman–Crippen LogP) is 2.39. The van der Waals surface area contributed by atoms with Gasteiger partial charge in [-0.25, -0.2) is 9.59 Å². The number of rotatable bonds is 3. The molecule has 0 spiro atoms. The van der Waals surface area contributed by atoms with Crippen LogP contribution in [0.2, 0.25) is 0 Å². The fraction of sp³-hybridized carbons (Fsp3) is 0.353. The highest BCUT2D eigenvalue weighted by atomic mass is 16.7. The van der Waals surface area contributed by atoms with Crippen LogP contribution < -0.4 is 10.6 Å². The number of aryl methyl sites for hydroxylation is 1. The second-order valence-electron chi connectivity index (χ2n) is 5.99. The van der Waals surface area contributed by atoms with E-state index in [0.717, 1.165) is 11.1 Å². The van der Waals surface area contributed by atoms with E-state index >= 15 is 0 Å². The number of benzene rings is 1. The first-order valence-electron chi connectivity index (χ1n) is 7.42. The Bertz CT molecular complexity index is 728. The summed E-state index contributed by atoms with van der Waals surface area (Å²) >= 11 is 0. The van der Waals surface area contributed by atoms with E-state index in [1.54, 1.807) is 6.07 Å². The Kier molecular flexibility index (Phi) is 4.64. The van der Waals surface area contributed by atoms with Gasteiger partial charge in [-0.1, -0.05) is 6.07 Å². The first-order chi connectivity index (χ1) is 11.1. The molecule has 2 N–H and O–H groups in total. The number of carbonyl (C=O) groups is 3. The molecule has 128 valence electrons. The zero-order valence-electron chi connectivity index (χ0n) is 14.3. The van der Waals surface area contributed by atoms with Gasteiger partial charge in [0.1, 0.15) is 0 Å². The van der Waals surface area contributed by atoms with Gasteiger partial charge in [-0.3, -0.25) is 4.79 Å². The molecule has 0 aromatic heterocycles. The number of esters is 2. The minimum Gasteiger partial charge on any atom is -0.419 e. The van der Waals surface area contributed by atoms with Gasteiger partial charge in [-0.2, -0.15) is 0 Å². The molecule has 7 nitrogen and oxygen atoms in total. The second-order valence-corrected chi connectivity index (χ2v) is 5.99. The molecule has 1 aromatic rings. The number of cyclic esters (lactones) is 2. The summed E-state index contributed by atoms with van der Waals surface area (Å²) in [6.45, 7) is 8.09. The normalized spacial score (nSPS) is 16.1. The summed E-state index contributed by atoms with van der Waals surface area (Å²) in [4.78, 5) is 35.1. The summed E-state index contributed by atoms with van der Waals surface area (Å²) in [5.74, 6) is -2.96. The van der Waals surface area contributed by atoms with Crippen molar-refractivity contribution < 1.29 is 23.9 Å². The van der Waals surface area contributed by atoms with E-state index in [0.29, 0.717) is 11.4 Å². The minimum absolute atomic E-state index is 0.182. The van der Waals surface area contributed by atoms with E-state index in [-0.39, 0.29) is 11.5 Å². The average Bonchev–Trinajstić information content (AvgIpc) is 2.43. The lowest BCUT2D eigenvalue weighted by molar-refractivity contribution is -0.222. The highest BCUT2D eigenvalue weighted by Crippen LogP contribution is 2.28. The van der Waals surface area contributed by atoms with Crippen LogP contribution in [0.1, 0.15) is 31.9 Å². The second kappa shape index (κ2) is 6.35. The number of hydrogen-bond donors (Lipinski definition) is 2. The molecule has 0 atom stereocenters. The Morgan fingerprint density at radius 3 is 2.25 bits per heavy atom. The van der Waals surface area contributed by atoms with Crippen LogP contribution in [-0.4, -0.2) is 23.6 Å². The fourth-order valence-electron chi connectivity index (χ4n) is 2.30. The summed E-state index contributed by atoms with van der Waals surface area (Å²) in [5.41, 5.74) is 2.78. The minimum atomic E-state index is -1.27. The summed E-state index contributed by atoms with van der Waals surface area (Å²) in [6, 6.07) is 3.61. The SMILES string of the molecule is CC(=O)Nc1c(C)ccc(NC=C2C(=O)OC(C)(C)OC2=O)c1C. The Hall–Kier alpha value is -2.83. The van der Waals surface area contributed by atoms with Crippen LogP contribution in [0.3, 0.4) is 0 Å². The third-order valence-electron chi connectivity index (χ3n) is 3.46. The molecule has 7 heteroatoms. The topological polar surface area (TPSA) is 93.7 Å². The smallest absolute Gasteiger partial charge is 0.350 e. The molecular formula is C17H20N2O5. The molecule has 2 rings (SSSR count). The van der Waals surface area contributed by atoms with Crippen molar-refractivity contribution in [2.75, 3.05) is 10.6 Å². The van der Waals surface area contributed by atoms with Gasteiger partial charge in [0.05, 0.1) is 0 Å². The van der Waals surface area contributed by atoms with Gasteiger partial charge in [-0.05, 0) is 31.0 Å². The van der Waals surface area contributed by atoms with Crippen molar-refractivity contribution in [1.29, 1.82) is 0 Å². The molecule has 1 aliphatic heterocycles. The molecule has 0 radical (unpaired) electrons. The molecule has 1 heterocycles. The van der Waals surface area contributed by atoms with E-state index in [9.17, 15) is 14.4 Å². The molecule has 0 bridgehead atoms. The van der Waals surface area contributed by atoms with Crippen molar-refractivity contribution in [1.82, 2.24) is 0 Å². The Labute approximate surface area is 140 Å². The third-order valence-corrected chi connectivity index (χ3v) is 3.46. The van der Waals surface area contributed by atoms with Crippen LogP contribution in [0, 0.1) is 13.8 Å². The van der Waals surface area contributed by atoms with Crippen molar-refractivity contribution in [3.05, 3.63) is 35.0 Å². The van der Waals surface area contributed by atoms with Gasteiger partial charge >= 0.3 is 11.9 Å². The lowest BCUT2D eigenvalue weighted by atomic mass is 10.1. The molecule has 1 aliphatic rings. The van der Waals surface area contributed by atoms with Crippen LogP contribution in [0.25, 0.3) is 0 Å². The summed E-state index contributed by atoms with van der Waals surface area (Å²) in [6.07, 6.45) is 1.25. The predicted molar refractivity (Wildman–Crippen MR) is 88.2 cm³/mol. The van der Waals surface area contributed by atoms with E-state index in [1.165, 1.54) is 27.0 Å². The van der Waals surface area contributed by atoms with Gasteiger partial charge in [0, 0.05) is 38.3 Å². The van der Waals surface area contributed by atoms with Gasteiger partial charge in [0.25, 0.3) is 5.79 Å². The van der Waals surface area contributed by atoms with Crippen LogP contribution in [0.15, 0.2) is 23.9 Å². The molecule has 1 aromatic carbocycles. The number of nitrogens with one attached hydrogen (secondary N) is 2. The van der Waals surface area contributed by atoms with Crippen molar-refractivity contribution in [3.8, 4) is 0 Å². The molecular weight excluding hydrogens is 312 g/mol. The lowest BCUT2D eigenvalue weighted by Crippen LogP contribution is -2.42. The van der Waals surface area contributed by atoms with E-state index < -0.39 is 17.7 Å². The molecule has 1 fully saturated rings. The number of amides is 1. The zero-order chi connectivity index (χ0) is 18.1. The largest absolute Gasteiger partial charge is 0.419 e. The van der Waals surface area contributed by atoms with Crippen LogP contribution >= 0.6 is 0 Å². The Balaban J connectivity index is 2.27. The number of carbonyl (C=O) groups excluding carboxylic acids is 3. The zero-order valence-corrected chi connectivity index (χ0v) is 14.3. The third kappa shape index (κ3) is 3.73. The van der Waals surface area contributed by atoms with Gasteiger partial charge in [0.2, 0.25) is 5.91 Å². The maximum absolute atomic E-state index is 11.9. The molecule has 0 saturated carbocycles. The van der Waals surface area contributed by atoms with Crippen LogP contribution in [0.4, 0.5) is 11.4 Å². The Morgan fingerprint density at radius 1 is 1.12 bits per heavy atom. The highest BCUT2D eigenvalue weighted by molar-refractivity contribution is 6.15. The summed E-state index contributed by atoms with van der Waals surface area (Å²) in [7, 11) is 0. The Morgan fingerprint density at radius 2 is 1.71 bits per heavy atom. The number of hydrogen-bond acceptors (Lipinski definition) is 6. The molecule has 1 saturated heterocycles. The van der Waals surface area contributed by atoms with Crippen molar-refractivity contribution >= 4 is 29.2 Å². The maximum Gasteiger partial charge on any atom is 0.350 e. The summed E-state index contributed by atoms with van der Waals surface area (Å²) < 4.78 is 10.0. The first-order valence-corrected chi connectivity index (χ1v) is 7.42. The first kappa shape index (κ1) is 17.5. The van der Waals surface area contributed by atoms with Crippen LogP contribution in [0.5, 0.6) is 0 Å². The molecule has 0 unspecified atom stereocenters. The van der Waals surface area contributed by atoms with Crippen molar-refractivity contribution in [3.63, 3.8) is 0 Å².